The van der Waals surface area contributed by atoms with Gasteiger partial charge >= 0.3 is 0 Å². The summed E-state index contributed by atoms with van der Waals surface area (Å²) in [5.41, 5.74) is 0.889. The average molecular weight is 389 g/mol. The fourth-order valence-corrected chi connectivity index (χ4v) is 3.70. The van der Waals surface area contributed by atoms with E-state index in [4.69, 9.17) is 16.3 Å². The first-order chi connectivity index (χ1) is 11.6. The van der Waals surface area contributed by atoms with Crippen molar-refractivity contribution >= 4 is 29.9 Å². The highest BCUT2D eigenvalue weighted by molar-refractivity contribution is 6.30. The Morgan fingerprint density at radius 3 is 2.56 bits per heavy atom. The van der Waals surface area contributed by atoms with Crippen molar-refractivity contribution in [3.8, 4) is 0 Å². The van der Waals surface area contributed by atoms with Crippen LogP contribution in [0.2, 0.25) is 5.02 Å². The lowest BCUT2D eigenvalue weighted by Crippen LogP contribution is -2.57. The Balaban J connectivity index is 0.00000225. The molecule has 0 bridgehead atoms. The van der Waals surface area contributed by atoms with Crippen molar-refractivity contribution in [1.29, 1.82) is 0 Å². The minimum absolute atomic E-state index is 0. The maximum Gasteiger partial charge on any atom is 0.242 e. The first kappa shape index (κ1) is 20.5. The van der Waals surface area contributed by atoms with Gasteiger partial charge in [0, 0.05) is 24.7 Å². The Bertz CT molecular complexity index is 562. The standard InChI is InChI=1S/C18H25ClN2O3.ClH/c1-12-16(20-8-11-24-12)18(23)21-9-6-14(7-10-21)17(22)13-2-4-15(19)5-3-13;/h2-5,12,14,16-17,20,22H,6-11H2,1H3;1H/t12-,16+,17?;/m1./s1. The summed E-state index contributed by atoms with van der Waals surface area (Å²) < 4.78 is 5.57. The number of nitrogens with one attached hydrogen (secondary N) is 1. The molecule has 2 fully saturated rings. The molecule has 2 aliphatic heterocycles. The van der Waals surface area contributed by atoms with Gasteiger partial charge in [-0.25, -0.2) is 0 Å². The second kappa shape index (κ2) is 9.19. The van der Waals surface area contributed by atoms with Crippen molar-refractivity contribution in [2.24, 2.45) is 5.92 Å². The molecule has 0 aliphatic carbocycles. The van der Waals surface area contributed by atoms with Crippen molar-refractivity contribution in [3.63, 3.8) is 0 Å². The summed E-state index contributed by atoms with van der Waals surface area (Å²) in [4.78, 5) is 14.6. The monoisotopic (exact) mass is 388 g/mol. The average Bonchev–Trinajstić information content (AvgIpc) is 2.62. The molecule has 2 saturated heterocycles. The van der Waals surface area contributed by atoms with Crippen molar-refractivity contribution < 1.29 is 14.6 Å². The first-order valence-corrected chi connectivity index (χ1v) is 9.01. The highest BCUT2D eigenvalue weighted by Crippen LogP contribution is 2.31. The topological polar surface area (TPSA) is 61.8 Å². The molecule has 2 N–H and O–H groups in total. The molecule has 1 aromatic carbocycles. The number of halogens is 2. The number of morpholine rings is 1. The van der Waals surface area contributed by atoms with Crippen LogP contribution in [0.3, 0.4) is 0 Å². The molecule has 7 heteroatoms. The van der Waals surface area contributed by atoms with E-state index in [9.17, 15) is 9.90 Å². The van der Waals surface area contributed by atoms with Crippen LogP contribution in [0.1, 0.15) is 31.4 Å². The summed E-state index contributed by atoms with van der Waals surface area (Å²) in [5.74, 6) is 0.282. The van der Waals surface area contributed by atoms with Crippen LogP contribution in [-0.4, -0.2) is 54.3 Å². The summed E-state index contributed by atoms with van der Waals surface area (Å²) in [7, 11) is 0. The molecule has 1 amide bonds. The van der Waals surface area contributed by atoms with Crippen LogP contribution < -0.4 is 5.32 Å². The third-order valence-corrected chi connectivity index (χ3v) is 5.34. The van der Waals surface area contributed by atoms with Crippen molar-refractivity contribution in [2.45, 2.75) is 38.0 Å². The predicted octanol–water partition coefficient (Wildman–Crippen LogP) is 2.41. The van der Waals surface area contributed by atoms with Gasteiger partial charge in [-0.2, -0.15) is 0 Å². The molecule has 1 unspecified atom stereocenters. The molecule has 3 rings (SSSR count). The molecule has 25 heavy (non-hydrogen) atoms. The maximum absolute atomic E-state index is 12.7. The number of carbonyl (C=O) groups excluding carboxylic acids is 1. The number of nitrogens with zero attached hydrogens (tertiary/aromatic N) is 1. The van der Waals surface area contributed by atoms with E-state index in [0.717, 1.165) is 18.4 Å². The largest absolute Gasteiger partial charge is 0.388 e. The maximum atomic E-state index is 12.7. The van der Waals surface area contributed by atoms with Crippen LogP contribution in [0.25, 0.3) is 0 Å². The van der Waals surface area contributed by atoms with Gasteiger partial charge < -0.3 is 20.1 Å². The molecule has 140 valence electrons. The summed E-state index contributed by atoms with van der Waals surface area (Å²) in [6, 6.07) is 7.09. The van der Waals surface area contributed by atoms with E-state index in [-0.39, 0.29) is 36.4 Å². The van der Waals surface area contributed by atoms with E-state index >= 15 is 0 Å². The SMILES string of the molecule is C[C@H]1OCCN[C@@H]1C(=O)N1CCC(C(O)c2ccc(Cl)cc2)CC1.Cl. The fourth-order valence-electron chi connectivity index (χ4n) is 3.57. The summed E-state index contributed by atoms with van der Waals surface area (Å²) >= 11 is 5.90. The molecule has 0 saturated carbocycles. The molecule has 3 atom stereocenters. The van der Waals surface area contributed by atoms with Crippen LogP contribution in [-0.2, 0) is 9.53 Å². The van der Waals surface area contributed by atoms with Gasteiger partial charge in [0.25, 0.3) is 0 Å². The highest BCUT2D eigenvalue weighted by atomic mass is 35.5. The number of rotatable bonds is 3. The zero-order chi connectivity index (χ0) is 17.1. The number of hydrogen-bond acceptors (Lipinski definition) is 4. The minimum Gasteiger partial charge on any atom is -0.388 e. The highest BCUT2D eigenvalue weighted by Gasteiger charge is 2.34. The number of benzene rings is 1. The summed E-state index contributed by atoms with van der Waals surface area (Å²) in [6.07, 6.45) is 1.01. The zero-order valence-electron chi connectivity index (χ0n) is 14.4. The number of aliphatic hydroxyl groups excluding tert-OH is 1. The van der Waals surface area contributed by atoms with E-state index in [0.29, 0.717) is 31.3 Å². The lowest BCUT2D eigenvalue weighted by atomic mass is 9.87. The Kier molecular flexibility index (Phi) is 7.52. The smallest absolute Gasteiger partial charge is 0.242 e. The number of hydrogen-bond donors (Lipinski definition) is 2. The van der Waals surface area contributed by atoms with Crippen LogP contribution >= 0.6 is 24.0 Å². The molecule has 5 nitrogen and oxygen atoms in total. The molecule has 2 heterocycles. The number of carbonyl (C=O) groups is 1. The Hall–Kier alpha value is -0.850. The zero-order valence-corrected chi connectivity index (χ0v) is 15.9. The third kappa shape index (κ3) is 4.86. The number of ether oxygens (including phenoxy) is 1. The summed E-state index contributed by atoms with van der Waals surface area (Å²) in [6.45, 7) is 4.66. The lowest BCUT2D eigenvalue weighted by molar-refractivity contribution is -0.141. The van der Waals surface area contributed by atoms with Crippen molar-refractivity contribution in [3.05, 3.63) is 34.9 Å². The lowest BCUT2D eigenvalue weighted by Gasteiger charge is -2.38. The predicted molar refractivity (Wildman–Crippen MR) is 100 cm³/mol. The second-order valence-corrected chi connectivity index (χ2v) is 7.10. The molecule has 0 spiro atoms. The van der Waals surface area contributed by atoms with Crippen LogP contribution in [0, 0.1) is 5.92 Å². The van der Waals surface area contributed by atoms with Gasteiger partial charge in [-0.15, -0.1) is 12.4 Å². The minimum atomic E-state index is -0.505. The van der Waals surface area contributed by atoms with Gasteiger partial charge in [0.15, 0.2) is 0 Å². The van der Waals surface area contributed by atoms with Crippen LogP contribution in [0.4, 0.5) is 0 Å². The number of likely N-dealkylation sites (tertiary alicyclic amines) is 1. The molecule has 0 aromatic heterocycles. The van der Waals surface area contributed by atoms with E-state index in [1.165, 1.54) is 0 Å². The molecular formula is C18H26Cl2N2O3. The Morgan fingerprint density at radius 2 is 1.96 bits per heavy atom. The Morgan fingerprint density at radius 1 is 1.32 bits per heavy atom. The number of aliphatic hydroxyl groups is 1. The van der Waals surface area contributed by atoms with Gasteiger partial charge in [0.2, 0.25) is 5.91 Å². The number of piperidine rings is 1. The normalized spacial score (nSPS) is 26.0. The van der Waals surface area contributed by atoms with Crippen molar-refractivity contribution in [2.75, 3.05) is 26.2 Å². The fraction of sp³-hybridized carbons (Fsp3) is 0.611. The Labute approximate surface area is 160 Å². The second-order valence-electron chi connectivity index (χ2n) is 6.67. The molecule has 2 aliphatic rings. The summed E-state index contributed by atoms with van der Waals surface area (Å²) in [5, 5.41) is 14.5. The quantitative estimate of drug-likeness (QED) is 0.834. The van der Waals surface area contributed by atoms with E-state index in [1.807, 2.05) is 24.0 Å². The van der Waals surface area contributed by atoms with Gasteiger partial charge in [-0.05, 0) is 43.4 Å². The molecule has 0 radical (unpaired) electrons. The van der Waals surface area contributed by atoms with E-state index < -0.39 is 6.10 Å². The van der Waals surface area contributed by atoms with Gasteiger partial charge in [-0.1, -0.05) is 23.7 Å². The molecular weight excluding hydrogens is 363 g/mol. The van der Waals surface area contributed by atoms with Crippen LogP contribution in [0.5, 0.6) is 0 Å². The number of amides is 1. The van der Waals surface area contributed by atoms with Crippen LogP contribution in [0.15, 0.2) is 24.3 Å². The first-order valence-electron chi connectivity index (χ1n) is 8.63. The van der Waals surface area contributed by atoms with E-state index in [1.54, 1.807) is 12.1 Å². The van der Waals surface area contributed by atoms with E-state index in [2.05, 4.69) is 5.32 Å². The van der Waals surface area contributed by atoms with Gasteiger partial charge in [0.05, 0.1) is 18.8 Å². The van der Waals surface area contributed by atoms with Gasteiger partial charge in [0.1, 0.15) is 6.04 Å². The molecule has 1 aromatic rings. The third-order valence-electron chi connectivity index (χ3n) is 5.09. The van der Waals surface area contributed by atoms with Crippen molar-refractivity contribution in [1.82, 2.24) is 10.2 Å². The van der Waals surface area contributed by atoms with Gasteiger partial charge in [-0.3, -0.25) is 4.79 Å².